The molecule has 3 aromatic rings. The number of benzene rings is 2. The fraction of sp³-hybridized carbons (Fsp3) is 0. The lowest BCUT2D eigenvalue weighted by atomic mass is 10.1. The smallest absolute Gasteiger partial charge is 0.185 e. The van der Waals surface area contributed by atoms with Crippen LogP contribution in [-0.2, 0) is 0 Å². The molecule has 3 rings (SSSR count). The standard InChI is InChI=1S/C19H11BrCl2O2/c20-13-6-4-12(5-7-13)17(23)10-8-14-9-11-18(24-14)15-2-1-3-16(21)19(15)22/h1-11H. The van der Waals surface area contributed by atoms with Gasteiger partial charge in [-0.2, -0.15) is 0 Å². The molecule has 1 aromatic heterocycles. The van der Waals surface area contributed by atoms with Crippen LogP contribution < -0.4 is 0 Å². The Morgan fingerprint density at radius 1 is 1.00 bits per heavy atom. The van der Waals surface area contributed by atoms with Crippen LogP contribution in [0.2, 0.25) is 10.0 Å². The quantitative estimate of drug-likeness (QED) is 0.338. The van der Waals surface area contributed by atoms with E-state index in [1.807, 2.05) is 18.2 Å². The van der Waals surface area contributed by atoms with E-state index in [-0.39, 0.29) is 5.78 Å². The molecule has 5 heteroatoms. The molecule has 0 unspecified atom stereocenters. The third-order valence-electron chi connectivity index (χ3n) is 3.37. The van der Waals surface area contributed by atoms with Crippen LogP contribution in [0.4, 0.5) is 0 Å². The van der Waals surface area contributed by atoms with E-state index >= 15 is 0 Å². The molecule has 0 saturated carbocycles. The van der Waals surface area contributed by atoms with Gasteiger partial charge in [-0.25, -0.2) is 0 Å². The maximum absolute atomic E-state index is 12.1. The Morgan fingerprint density at radius 2 is 1.75 bits per heavy atom. The summed E-state index contributed by atoms with van der Waals surface area (Å²) in [6, 6.07) is 16.1. The van der Waals surface area contributed by atoms with Crippen LogP contribution in [0.5, 0.6) is 0 Å². The van der Waals surface area contributed by atoms with Crippen LogP contribution in [0.15, 0.2) is 69.6 Å². The summed E-state index contributed by atoms with van der Waals surface area (Å²) >= 11 is 15.5. The van der Waals surface area contributed by atoms with Crippen molar-refractivity contribution in [3.63, 3.8) is 0 Å². The molecule has 2 nitrogen and oxygen atoms in total. The van der Waals surface area contributed by atoms with Gasteiger partial charge in [0, 0.05) is 15.6 Å². The van der Waals surface area contributed by atoms with E-state index in [1.54, 1.807) is 42.5 Å². The number of carbonyl (C=O) groups is 1. The van der Waals surface area contributed by atoms with Gasteiger partial charge in [0.05, 0.1) is 10.0 Å². The summed E-state index contributed by atoms with van der Waals surface area (Å²) in [6.45, 7) is 0. The zero-order valence-corrected chi connectivity index (χ0v) is 15.4. The van der Waals surface area contributed by atoms with Crippen LogP contribution in [0.25, 0.3) is 17.4 Å². The van der Waals surface area contributed by atoms with E-state index in [0.717, 1.165) is 4.47 Å². The maximum atomic E-state index is 12.1. The molecule has 0 aliphatic heterocycles. The highest BCUT2D eigenvalue weighted by molar-refractivity contribution is 9.10. The van der Waals surface area contributed by atoms with Crippen molar-refractivity contribution in [2.45, 2.75) is 0 Å². The normalized spacial score (nSPS) is 11.1. The minimum absolute atomic E-state index is 0.0961. The molecule has 120 valence electrons. The van der Waals surface area contributed by atoms with Gasteiger partial charge in [-0.1, -0.05) is 45.2 Å². The monoisotopic (exact) mass is 420 g/mol. The largest absolute Gasteiger partial charge is 0.457 e. The molecule has 2 aromatic carbocycles. The van der Waals surface area contributed by atoms with Crippen molar-refractivity contribution in [3.8, 4) is 11.3 Å². The number of halogens is 3. The summed E-state index contributed by atoms with van der Waals surface area (Å²) in [4.78, 5) is 12.1. The van der Waals surface area contributed by atoms with Crippen molar-refractivity contribution in [1.29, 1.82) is 0 Å². The summed E-state index contributed by atoms with van der Waals surface area (Å²) in [5.41, 5.74) is 1.32. The van der Waals surface area contributed by atoms with Gasteiger partial charge >= 0.3 is 0 Å². The summed E-state index contributed by atoms with van der Waals surface area (Å²) in [5.74, 6) is 1.06. The number of hydrogen-bond acceptors (Lipinski definition) is 2. The summed E-state index contributed by atoms with van der Waals surface area (Å²) in [6.07, 6.45) is 3.11. The van der Waals surface area contributed by atoms with E-state index < -0.39 is 0 Å². The van der Waals surface area contributed by atoms with Crippen LogP contribution >= 0.6 is 39.1 Å². The van der Waals surface area contributed by atoms with Crippen LogP contribution in [0, 0.1) is 0 Å². The predicted molar refractivity (Wildman–Crippen MR) is 102 cm³/mol. The van der Waals surface area contributed by atoms with Gasteiger partial charge in [0.15, 0.2) is 5.78 Å². The Labute approximate surface area is 157 Å². The van der Waals surface area contributed by atoms with Gasteiger partial charge in [-0.3, -0.25) is 4.79 Å². The van der Waals surface area contributed by atoms with E-state index in [4.69, 9.17) is 27.6 Å². The highest BCUT2D eigenvalue weighted by atomic mass is 79.9. The highest BCUT2D eigenvalue weighted by Crippen LogP contribution is 2.34. The lowest BCUT2D eigenvalue weighted by Gasteiger charge is -2.01. The molecule has 0 bridgehead atoms. The Kier molecular flexibility index (Phi) is 5.24. The molecule has 0 fully saturated rings. The number of rotatable bonds is 4. The lowest BCUT2D eigenvalue weighted by Crippen LogP contribution is -1.92. The Morgan fingerprint density at radius 3 is 2.50 bits per heavy atom. The average Bonchev–Trinajstić information content (AvgIpc) is 3.04. The topological polar surface area (TPSA) is 30.2 Å². The van der Waals surface area contributed by atoms with Gasteiger partial charge in [0.2, 0.25) is 0 Å². The second kappa shape index (κ2) is 7.39. The van der Waals surface area contributed by atoms with E-state index in [2.05, 4.69) is 15.9 Å². The zero-order valence-electron chi connectivity index (χ0n) is 12.3. The minimum atomic E-state index is -0.0961. The van der Waals surface area contributed by atoms with Crippen molar-refractivity contribution in [1.82, 2.24) is 0 Å². The van der Waals surface area contributed by atoms with E-state index in [9.17, 15) is 4.79 Å². The molecule has 0 aliphatic carbocycles. The Balaban J connectivity index is 1.80. The molecule has 0 atom stereocenters. The number of ketones is 1. The molecule has 1 heterocycles. The van der Waals surface area contributed by atoms with Crippen LogP contribution in [0.3, 0.4) is 0 Å². The molecular weight excluding hydrogens is 411 g/mol. The van der Waals surface area contributed by atoms with Crippen LogP contribution in [-0.4, -0.2) is 5.78 Å². The second-order valence-electron chi connectivity index (χ2n) is 5.01. The van der Waals surface area contributed by atoms with Gasteiger partial charge < -0.3 is 4.42 Å². The highest BCUT2D eigenvalue weighted by Gasteiger charge is 2.10. The molecule has 0 spiro atoms. The molecule has 24 heavy (non-hydrogen) atoms. The van der Waals surface area contributed by atoms with Crippen molar-refractivity contribution < 1.29 is 9.21 Å². The van der Waals surface area contributed by atoms with Crippen molar-refractivity contribution >= 4 is 51.0 Å². The first-order valence-corrected chi connectivity index (χ1v) is 8.61. The van der Waals surface area contributed by atoms with Gasteiger partial charge in [-0.15, -0.1) is 0 Å². The van der Waals surface area contributed by atoms with Gasteiger partial charge in [-0.05, 0) is 60.7 Å². The fourth-order valence-corrected chi connectivity index (χ4v) is 2.81. The van der Waals surface area contributed by atoms with E-state index in [1.165, 1.54) is 6.08 Å². The predicted octanol–water partition coefficient (Wildman–Crippen LogP) is 6.91. The first-order valence-electron chi connectivity index (χ1n) is 7.07. The van der Waals surface area contributed by atoms with Crippen molar-refractivity contribution in [2.75, 3.05) is 0 Å². The van der Waals surface area contributed by atoms with Crippen LogP contribution in [0.1, 0.15) is 16.1 Å². The third-order valence-corrected chi connectivity index (χ3v) is 4.72. The summed E-state index contributed by atoms with van der Waals surface area (Å²) < 4.78 is 6.65. The lowest BCUT2D eigenvalue weighted by molar-refractivity contribution is 0.104. The number of hydrogen-bond donors (Lipinski definition) is 0. The van der Waals surface area contributed by atoms with Crippen molar-refractivity contribution in [2.24, 2.45) is 0 Å². The zero-order chi connectivity index (χ0) is 17.1. The first-order chi connectivity index (χ1) is 11.5. The molecule has 0 amide bonds. The van der Waals surface area contributed by atoms with Crippen molar-refractivity contribution in [3.05, 3.63) is 86.5 Å². The molecule has 0 saturated heterocycles. The third kappa shape index (κ3) is 3.81. The summed E-state index contributed by atoms with van der Waals surface area (Å²) in [5, 5.41) is 0.906. The summed E-state index contributed by atoms with van der Waals surface area (Å²) in [7, 11) is 0. The number of allylic oxidation sites excluding steroid dienone is 1. The Hall–Kier alpha value is -1.81. The molecule has 0 radical (unpaired) electrons. The van der Waals surface area contributed by atoms with Gasteiger partial charge in [0.1, 0.15) is 11.5 Å². The minimum Gasteiger partial charge on any atom is -0.457 e. The fourth-order valence-electron chi connectivity index (χ4n) is 2.15. The molecule has 0 aliphatic rings. The van der Waals surface area contributed by atoms with Gasteiger partial charge in [0.25, 0.3) is 0 Å². The van der Waals surface area contributed by atoms with E-state index in [0.29, 0.717) is 32.7 Å². The SMILES string of the molecule is O=C(C=Cc1ccc(-c2cccc(Cl)c2Cl)o1)c1ccc(Br)cc1. The maximum Gasteiger partial charge on any atom is 0.185 e. The second-order valence-corrected chi connectivity index (χ2v) is 6.71. The first kappa shape index (κ1) is 17.0. The molecule has 0 N–H and O–H groups in total. The average molecular weight is 422 g/mol. The molecular formula is C19H11BrCl2O2. The number of furan rings is 1. The number of carbonyl (C=O) groups excluding carboxylic acids is 1. The Bertz CT molecular complexity index is 911.